The van der Waals surface area contributed by atoms with Crippen molar-refractivity contribution in [2.75, 3.05) is 18.9 Å². The van der Waals surface area contributed by atoms with Gasteiger partial charge in [-0.1, -0.05) is 18.7 Å². The Hall–Kier alpha value is -1.83. The Balaban J connectivity index is 2.43. The minimum absolute atomic E-state index is 0.0650. The zero-order valence-electron chi connectivity index (χ0n) is 11.4. The lowest BCUT2D eigenvalue weighted by Gasteiger charge is -2.05. The van der Waals surface area contributed by atoms with Gasteiger partial charge in [-0.2, -0.15) is 0 Å². The van der Waals surface area contributed by atoms with Crippen molar-refractivity contribution >= 4 is 23.6 Å². The fourth-order valence-electron chi connectivity index (χ4n) is 1.30. The molecule has 2 N–H and O–H groups in total. The molecule has 0 unspecified atom stereocenters. The molecule has 20 heavy (non-hydrogen) atoms. The van der Waals surface area contributed by atoms with Gasteiger partial charge in [-0.25, -0.2) is 4.98 Å². The van der Waals surface area contributed by atoms with E-state index >= 15 is 0 Å². The van der Waals surface area contributed by atoms with Crippen LogP contribution in [0.4, 0.5) is 0 Å². The van der Waals surface area contributed by atoms with Crippen molar-refractivity contribution in [1.29, 1.82) is 0 Å². The van der Waals surface area contributed by atoms with Gasteiger partial charge >= 0.3 is 5.97 Å². The Morgan fingerprint density at radius 3 is 2.85 bits per heavy atom. The summed E-state index contributed by atoms with van der Waals surface area (Å²) >= 11 is 1.11. The van der Waals surface area contributed by atoms with Crippen LogP contribution in [0, 0.1) is 0 Å². The van der Waals surface area contributed by atoms with Crippen LogP contribution in [0.25, 0.3) is 0 Å². The van der Waals surface area contributed by atoms with Crippen molar-refractivity contribution < 1.29 is 14.3 Å². The number of thioether (sulfide) groups is 1. The Kier molecular flexibility index (Phi) is 6.78. The Labute approximate surface area is 120 Å². The number of nitrogens with one attached hydrogen (secondary N) is 2. The molecule has 110 valence electrons. The number of H-pyrrole nitrogens is 1. The molecule has 0 aliphatic carbocycles. The number of hydrogen-bond acceptors (Lipinski definition) is 6. The van der Waals surface area contributed by atoms with E-state index in [4.69, 9.17) is 0 Å². The van der Waals surface area contributed by atoms with Crippen LogP contribution in [-0.4, -0.2) is 40.7 Å². The third-order valence-corrected chi connectivity index (χ3v) is 3.08. The number of ether oxygens (including phenoxy) is 1. The fraction of sp³-hybridized carbons (Fsp3) is 0.500. The first-order chi connectivity index (χ1) is 9.55. The molecule has 1 aromatic rings. The molecule has 0 saturated carbocycles. The van der Waals surface area contributed by atoms with E-state index in [2.05, 4.69) is 20.0 Å². The van der Waals surface area contributed by atoms with Gasteiger partial charge < -0.3 is 15.0 Å². The second-order valence-corrected chi connectivity index (χ2v) is 4.73. The van der Waals surface area contributed by atoms with Crippen LogP contribution in [0.5, 0.6) is 0 Å². The smallest absolute Gasteiger partial charge is 0.325 e. The number of amides is 1. The molecule has 0 aliphatic rings. The fourth-order valence-corrected chi connectivity index (χ4v) is 2.03. The van der Waals surface area contributed by atoms with Gasteiger partial charge in [0.15, 0.2) is 5.16 Å². The zero-order valence-corrected chi connectivity index (χ0v) is 12.2. The van der Waals surface area contributed by atoms with Gasteiger partial charge in [0.1, 0.15) is 6.54 Å². The first kappa shape index (κ1) is 16.2. The van der Waals surface area contributed by atoms with Crippen molar-refractivity contribution in [3.8, 4) is 0 Å². The zero-order chi connectivity index (χ0) is 15.0. The average molecular weight is 299 g/mol. The van der Waals surface area contributed by atoms with E-state index in [9.17, 15) is 14.4 Å². The number of aromatic nitrogens is 2. The number of hydrogen-bond donors (Lipinski definition) is 2. The lowest BCUT2D eigenvalue weighted by atomic mass is 10.3. The summed E-state index contributed by atoms with van der Waals surface area (Å²) in [4.78, 5) is 40.6. The maximum Gasteiger partial charge on any atom is 0.325 e. The Morgan fingerprint density at radius 2 is 2.20 bits per heavy atom. The molecular formula is C12H17N3O4S. The van der Waals surface area contributed by atoms with E-state index in [-0.39, 0.29) is 30.4 Å². The molecule has 1 aromatic heterocycles. The molecule has 0 bridgehead atoms. The number of esters is 1. The Bertz CT molecular complexity index is 530. The monoisotopic (exact) mass is 299 g/mol. The molecule has 0 atom stereocenters. The van der Waals surface area contributed by atoms with Gasteiger partial charge in [0.05, 0.1) is 12.4 Å². The number of carbonyl (C=O) groups is 2. The molecule has 0 saturated heterocycles. The highest BCUT2D eigenvalue weighted by Gasteiger charge is 2.08. The molecule has 1 heterocycles. The van der Waals surface area contributed by atoms with Gasteiger partial charge in [0.2, 0.25) is 5.91 Å². The molecule has 0 radical (unpaired) electrons. The second kappa shape index (κ2) is 8.36. The van der Waals surface area contributed by atoms with E-state index < -0.39 is 5.97 Å². The third kappa shape index (κ3) is 5.87. The first-order valence-electron chi connectivity index (χ1n) is 6.20. The van der Waals surface area contributed by atoms with E-state index in [0.29, 0.717) is 17.3 Å². The van der Waals surface area contributed by atoms with E-state index in [0.717, 1.165) is 11.8 Å². The highest BCUT2D eigenvalue weighted by atomic mass is 32.2. The van der Waals surface area contributed by atoms with Crippen LogP contribution >= 0.6 is 11.8 Å². The summed E-state index contributed by atoms with van der Waals surface area (Å²) in [6.07, 6.45) is 0.645. The number of rotatable bonds is 7. The third-order valence-electron chi connectivity index (χ3n) is 2.21. The van der Waals surface area contributed by atoms with Crippen molar-refractivity contribution in [3.05, 3.63) is 22.1 Å². The van der Waals surface area contributed by atoms with Gasteiger partial charge in [-0.15, -0.1) is 0 Å². The maximum atomic E-state index is 11.5. The Morgan fingerprint density at radius 1 is 1.45 bits per heavy atom. The highest BCUT2D eigenvalue weighted by Crippen LogP contribution is 2.10. The van der Waals surface area contributed by atoms with Crippen molar-refractivity contribution in [3.63, 3.8) is 0 Å². The van der Waals surface area contributed by atoms with Crippen LogP contribution < -0.4 is 10.9 Å². The van der Waals surface area contributed by atoms with Crippen LogP contribution in [0.3, 0.4) is 0 Å². The summed E-state index contributed by atoms with van der Waals surface area (Å²) in [5.41, 5.74) is 0.425. The molecule has 0 spiro atoms. The largest absolute Gasteiger partial charge is 0.465 e. The van der Waals surface area contributed by atoms with Crippen LogP contribution in [0.2, 0.25) is 0 Å². The highest BCUT2D eigenvalue weighted by molar-refractivity contribution is 7.99. The summed E-state index contributed by atoms with van der Waals surface area (Å²) in [7, 11) is 0. The lowest BCUT2D eigenvalue weighted by molar-refractivity contribution is -0.143. The van der Waals surface area contributed by atoms with Gasteiger partial charge in [0.25, 0.3) is 5.56 Å². The number of carbonyl (C=O) groups excluding carboxylic acids is 2. The lowest BCUT2D eigenvalue weighted by Crippen LogP contribution is -2.31. The molecule has 7 nitrogen and oxygen atoms in total. The molecule has 8 heteroatoms. The summed E-state index contributed by atoms with van der Waals surface area (Å²) < 4.78 is 4.68. The van der Waals surface area contributed by atoms with Gasteiger partial charge in [-0.3, -0.25) is 14.4 Å². The summed E-state index contributed by atoms with van der Waals surface area (Å²) in [6.45, 7) is 3.70. The minimum Gasteiger partial charge on any atom is -0.465 e. The summed E-state index contributed by atoms with van der Waals surface area (Å²) in [5.74, 6) is -0.742. The van der Waals surface area contributed by atoms with Crippen LogP contribution in [0.1, 0.15) is 19.5 Å². The number of aryl methyl sites for hydroxylation is 1. The van der Waals surface area contributed by atoms with E-state index in [1.54, 1.807) is 6.92 Å². The minimum atomic E-state index is -0.481. The quantitative estimate of drug-likeness (QED) is 0.421. The average Bonchev–Trinajstić information content (AvgIpc) is 2.42. The van der Waals surface area contributed by atoms with E-state index in [1.165, 1.54) is 6.07 Å². The molecule has 1 amide bonds. The molecule has 0 aliphatic heterocycles. The standard InChI is InChI=1S/C12H17N3O4S/c1-3-8-5-9(16)15-12(14-8)20-7-10(17)13-6-11(18)19-4-2/h5H,3-4,6-7H2,1-2H3,(H,13,17)(H,14,15,16). The molecule has 1 rings (SSSR count). The molecule has 0 aromatic carbocycles. The van der Waals surface area contributed by atoms with E-state index in [1.807, 2.05) is 6.92 Å². The maximum absolute atomic E-state index is 11.5. The van der Waals surface area contributed by atoms with Crippen LogP contribution in [-0.2, 0) is 20.7 Å². The predicted octanol–water partition coefficient (Wildman–Crippen LogP) is 0.104. The summed E-state index contributed by atoms with van der Waals surface area (Å²) in [6, 6.07) is 1.42. The normalized spacial score (nSPS) is 10.1. The molecule has 0 fully saturated rings. The summed E-state index contributed by atoms with van der Waals surface area (Å²) in [5, 5.41) is 2.82. The topological polar surface area (TPSA) is 101 Å². The SMILES string of the molecule is CCOC(=O)CNC(=O)CSc1nc(CC)cc(=O)[nH]1. The van der Waals surface area contributed by atoms with Gasteiger partial charge in [0, 0.05) is 11.8 Å². The van der Waals surface area contributed by atoms with Crippen molar-refractivity contribution in [2.24, 2.45) is 0 Å². The first-order valence-corrected chi connectivity index (χ1v) is 7.19. The number of aromatic amines is 1. The second-order valence-electron chi connectivity index (χ2n) is 3.77. The number of nitrogens with zero attached hydrogens (tertiary/aromatic N) is 1. The van der Waals surface area contributed by atoms with Crippen molar-refractivity contribution in [2.45, 2.75) is 25.4 Å². The molecular weight excluding hydrogens is 282 g/mol. The predicted molar refractivity (Wildman–Crippen MR) is 74.6 cm³/mol. The van der Waals surface area contributed by atoms with Crippen LogP contribution in [0.15, 0.2) is 16.0 Å². The van der Waals surface area contributed by atoms with Gasteiger partial charge in [-0.05, 0) is 13.3 Å². The van der Waals surface area contributed by atoms with Crippen molar-refractivity contribution in [1.82, 2.24) is 15.3 Å².